The molecular weight excluding hydrogens is 359 g/mol. The zero-order valence-corrected chi connectivity index (χ0v) is 14.2. The van der Waals surface area contributed by atoms with Crippen LogP contribution in [0.5, 0.6) is 0 Å². The molecule has 0 atom stereocenters. The summed E-state index contributed by atoms with van der Waals surface area (Å²) in [7, 11) is 0. The number of non-ortho nitro benzene ring substituents is 1. The minimum Gasteiger partial charge on any atom is -0.285 e. The summed E-state index contributed by atoms with van der Waals surface area (Å²) in [6.07, 6.45) is 1.39. The van der Waals surface area contributed by atoms with Crippen LogP contribution in [0, 0.1) is 15.9 Å². The second-order valence-corrected chi connectivity index (χ2v) is 6.32. The number of benzene rings is 2. The van der Waals surface area contributed by atoms with E-state index in [9.17, 15) is 19.3 Å². The van der Waals surface area contributed by atoms with Crippen molar-refractivity contribution in [2.75, 3.05) is 5.75 Å². The number of amidine groups is 1. The number of nitro groups is 1. The van der Waals surface area contributed by atoms with Gasteiger partial charge in [0.25, 0.3) is 5.69 Å². The van der Waals surface area contributed by atoms with Gasteiger partial charge in [0, 0.05) is 17.7 Å². The van der Waals surface area contributed by atoms with Crippen LogP contribution in [0.1, 0.15) is 11.1 Å². The van der Waals surface area contributed by atoms with Gasteiger partial charge in [-0.15, -0.1) is 5.10 Å². The number of halogens is 1. The van der Waals surface area contributed by atoms with Gasteiger partial charge in [0.1, 0.15) is 5.82 Å². The van der Waals surface area contributed by atoms with Crippen molar-refractivity contribution in [3.63, 3.8) is 0 Å². The Labute approximate surface area is 152 Å². The van der Waals surface area contributed by atoms with Gasteiger partial charge in [-0.3, -0.25) is 19.8 Å². The van der Waals surface area contributed by atoms with Gasteiger partial charge in [0.15, 0.2) is 5.17 Å². The number of hydrogen-bond acceptors (Lipinski definition) is 6. The summed E-state index contributed by atoms with van der Waals surface area (Å²) < 4.78 is 13.0. The minimum absolute atomic E-state index is 0.0371. The number of amides is 1. The van der Waals surface area contributed by atoms with Crippen molar-refractivity contribution in [2.24, 2.45) is 10.2 Å². The molecule has 7 nitrogen and oxygen atoms in total. The maximum atomic E-state index is 13.0. The summed E-state index contributed by atoms with van der Waals surface area (Å²) in [5.74, 6) is -0.193. The average Bonchev–Trinajstić information content (AvgIpc) is 2.97. The van der Waals surface area contributed by atoms with E-state index >= 15 is 0 Å². The zero-order chi connectivity index (χ0) is 18.5. The van der Waals surface area contributed by atoms with Crippen LogP contribution in [0.4, 0.5) is 10.1 Å². The molecule has 1 fully saturated rings. The molecule has 9 heteroatoms. The predicted molar refractivity (Wildman–Crippen MR) is 97.5 cm³/mol. The molecule has 2 aromatic carbocycles. The SMILES string of the molecule is O=C1CSC(=NN=Cc2cccc([N+](=O)[O-])c2)N1Cc1ccc(F)cc1. The van der Waals surface area contributed by atoms with Crippen molar-refractivity contribution in [1.82, 2.24) is 4.90 Å². The second kappa shape index (κ2) is 7.87. The fourth-order valence-electron chi connectivity index (χ4n) is 2.26. The van der Waals surface area contributed by atoms with Gasteiger partial charge < -0.3 is 0 Å². The third kappa shape index (κ3) is 4.31. The Hall–Kier alpha value is -3.07. The van der Waals surface area contributed by atoms with E-state index in [2.05, 4.69) is 10.2 Å². The first-order valence-electron chi connectivity index (χ1n) is 7.56. The Kier molecular flexibility index (Phi) is 5.37. The molecule has 1 saturated heterocycles. The largest absolute Gasteiger partial charge is 0.285 e. The molecule has 1 aliphatic heterocycles. The lowest BCUT2D eigenvalue weighted by Gasteiger charge is -2.15. The summed E-state index contributed by atoms with van der Waals surface area (Å²) in [5, 5.41) is 19.2. The Morgan fingerprint density at radius 1 is 1.27 bits per heavy atom. The van der Waals surface area contributed by atoms with Crippen LogP contribution in [0.15, 0.2) is 58.7 Å². The standard InChI is InChI=1S/C17H13FN4O3S/c18-14-6-4-12(5-7-14)10-21-16(23)11-26-17(21)20-19-9-13-2-1-3-15(8-13)22(24)25/h1-9H,10-11H2. The van der Waals surface area contributed by atoms with E-state index < -0.39 is 4.92 Å². The monoisotopic (exact) mass is 372 g/mol. The van der Waals surface area contributed by atoms with E-state index in [1.54, 1.807) is 24.3 Å². The first-order valence-corrected chi connectivity index (χ1v) is 8.54. The molecule has 0 unspecified atom stereocenters. The molecule has 1 heterocycles. The van der Waals surface area contributed by atoms with Crippen molar-refractivity contribution < 1.29 is 14.1 Å². The van der Waals surface area contributed by atoms with Gasteiger partial charge in [-0.05, 0) is 17.7 Å². The van der Waals surface area contributed by atoms with Crippen LogP contribution in [0.25, 0.3) is 0 Å². The highest BCUT2D eigenvalue weighted by atomic mass is 32.2. The van der Waals surface area contributed by atoms with Crippen LogP contribution in [0.2, 0.25) is 0 Å². The Bertz CT molecular complexity index is 899. The van der Waals surface area contributed by atoms with Crippen molar-refractivity contribution >= 4 is 34.7 Å². The van der Waals surface area contributed by atoms with Crippen molar-refractivity contribution in [3.05, 3.63) is 75.6 Å². The lowest BCUT2D eigenvalue weighted by Crippen LogP contribution is -2.28. The molecule has 0 aromatic heterocycles. The average molecular weight is 372 g/mol. The Morgan fingerprint density at radius 2 is 2.04 bits per heavy atom. The Morgan fingerprint density at radius 3 is 2.77 bits per heavy atom. The molecule has 1 aliphatic rings. The number of carbonyl (C=O) groups is 1. The quantitative estimate of drug-likeness (QED) is 0.458. The van der Waals surface area contributed by atoms with Crippen LogP contribution < -0.4 is 0 Å². The van der Waals surface area contributed by atoms with E-state index in [-0.39, 0.29) is 29.7 Å². The normalized spacial score (nSPS) is 16.0. The summed E-state index contributed by atoms with van der Waals surface area (Å²) in [6.45, 7) is 0.275. The highest BCUT2D eigenvalue weighted by molar-refractivity contribution is 8.15. The van der Waals surface area contributed by atoms with E-state index in [1.807, 2.05) is 0 Å². The first kappa shape index (κ1) is 17.7. The van der Waals surface area contributed by atoms with Gasteiger partial charge in [-0.2, -0.15) is 5.10 Å². The molecule has 0 aliphatic carbocycles. The van der Waals surface area contributed by atoms with E-state index in [4.69, 9.17) is 0 Å². The summed E-state index contributed by atoms with van der Waals surface area (Å²) in [4.78, 5) is 23.8. The van der Waals surface area contributed by atoms with Gasteiger partial charge >= 0.3 is 0 Å². The Balaban J connectivity index is 1.74. The van der Waals surface area contributed by atoms with Crippen molar-refractivity contribution in [3.8, 4) is 0 Å². The van der Waals surface area contributed by atoms with Gasteiger partial charge in [0.05, 0.1) is 23.4 Å². The minimum atomic E-state index is -0.487. The second-order valence-electron chi connectivity index (χ2n) is 5.37. The highest BCUT2D eigenvalue weighted by Crippen LogP contribution is 2.22. The van der Waals surface area contributed by atoms with Crippen molar-refractivity contribution in [1.29, 1.82) is 0 Å². The number of carbonyl (C=O) groups excluding carboxylic acids is 1. The molecule has 0 spiro atoms. The van der Waals surface area contributed by atoms with Crippen LogP contribution in [-0.4, -0.2) is 32.9 Å². The van der Waals surface area contributed by atoms with Gasteiger partial charge in [-0.25, -0.2) is 4.39 Å². The summed E-state index contributed by atoms with van der Waals surface area (Å²) >= 11 is 1.25. The van der Waals surface area contributed by atoms with Gasteiger partial charge in [0.2, 0.25) is 5.91 Å². The summed E-state index contributed by atoms with van der Waals surface area (Å²) in [6, 6.07) is 11.9. The number of thioether (sulfide) groups is 1. The van der Waals surface area contributed by atoms with Crippen LogP contribution in [-0.2, 0) is 11.3 Å². The highest BCUT2D eigenvalue weighted by Gasteiger charge is 2.28. The molecule has 132 valence electrons. The molecule has 0 saturated carbocycles. The third-order valence-electron chi connectivity index (χ3n) is 3.54. The fourth-order valence-corrected chi connectivity index (χ4v) is 3.10. The molecule has 0 bridgehead atoms. The zero-order valence-electron chi connectivity index (χ0n) is 13.4. The van der Waals surface area contributed by atoms with E-state index in [0.29, 0.717) is 10.7 Å². The molecule has 0 radical (unpaired) electrons. The lowest BCUT2D eigenvalue weighted by molar-refractivity contribution is -0.384. The van der Waals surface area contributed by atoms with Gasteiger partial charge in [-0.1, -0.05) is 36.0 Å². The molecule has 0 N–H and O–H groups in total. The van der Waals surface area contributed by atoms with E-state index in [1.165, 1.54) is 47.1 Å². The van der Waals surface area contributed by atoms with Crippen LogP contribution >= 0.6 is 11.8 Å². The summed E-state index contributed by atoms with van der Waals surface area (Å²) in [5.41, 5.74) is 1.27. The number of hydrogen-bond donors (Lipinski definition) is 0. The number of nitro benzene ring substituents is 1. The maximum absolute atomic E-state index is 13.0. The molecule has 3 rings (SSSR count). The lowest BCUT2D eigenvalue weighted by atomic mass is 10.2. The third-order valence-corrected chi connectivity index (χ3v) is 4.49. The molecule has 1 amide bonds. The molecule has 2 aromatic rings. The molecular formula is C17H13FN4O3S. The first-order chi connectivity index (χ1) is 12.5. The smallest absolute Gasteiger partial charge is 0.270 e. The number of nitrogens with zero attached hydrogens (tertiary/aromatic N) is 4. The molecule has 26 heavy (non-hydrogen) atoms. The van der Waals surface area contributed by atoms with Crippen molar-refractivity contribution in [2.45, 2.75) is 6.54 Å². The van der Waals surface area contributed by atoms with E-state index in [0.717, 1.165) is 5.56 Å². The topological polar surface area (TPSA) is 88.2 Å². The predicted octanol–water partition coefficient (Wildman–Crippen LogP) is 3.20. The fraction of sp³-hybridized carbons (Fsp3) is 0.118. The van der Waals surface area contributed by atoms with Crippen LogP contribution in [0.3, 0.4) is 0 Å². The maximum Gasteiger partial charge on any atom is 0.270 e. The number of rotatable bonds is 5.